The smallest absolute Gasteiger partial charge is 0.242 e. The number of alkyl halides is 5. The van der Waals surface area contributed by atoms with Crippen LogP contribution in [-0.4, -0.2) is 4.98 Å². The van der Waals surface area contributed by atoms with Crippen LogP contribution in [-0.2, 0) is 12.6 Å². The van der Waals surface area contributed by atoms with Gasteiger partial charge in [0.1, 0.15) is 11.4 Å². The van der Waals surface area contributed by atoms with E-state index in [0.29, 0.717) is 6.07 Å². The lowest BCUT2D eigenvalue weighted by molar-refractivity contribution is -0.141. The van der Waals surface area contributed by atoms with Crippen molar-refractivity contribution >= 4 is 0 Å². The van der Waals surface area contributed by atoms with Crippen LogP contribution in [0.1, 0.15) is 28.9 Å². The number of nitrogens with zero attached hydrogens (tertiary/aromatic N) is 2. The lowest BCUT2D eigenvalue weighted by Gasteiger charge is -2.13. The molecule has 0 fully saturated rings. The molecule has 0 aliphatic heterocycles. The van der Waals surface area contributed by atoms with Crippen LogP contribution in [0.4, 0.5) is 22.0 Å². The molecule has 92 valence electrons. The van der Waals surface area contributed by atoms with E-state index in [1.165, 1.54) is 6.92 Å². The first kappa shape index (κ1) is 13.4. The molecule has 0 saturated heterocycles. The van der Waals surface area contributed by atoms with E-state index in [1.54, 1.807) is 6.07 Å². The minimum Gasteiger partial charge on any atom is -0.242 e. The van der Waals surface area contributed by atoms with E-state index in [2.05, 4.69) is 4.98 Å². The van der Waals surface area contributed by atoms with Crippen LogP contribution >= 0.6 is 0 Å². The van der Waals surface area contributed by atoms with E-state index in [-0.39, 0.29) is 17.5 Å². The van der Waals surface area contributed by atoms with Gasteiger partial charge < -0.3 is 0 Å². The Bertz CT molecular complexity index is 459. The maximum absolute atomic E-state index is 12.5. The summed E-state index contributed by atoms with van der Waals surface area (Å²) in [6, 6.07) is 2.26. The van der Waals surface area contributed by atoms with E-state index in [0.717, 1.165) is 0 Å². The van der Waals surface area contributed by atoms with Crippen molar-refractivity contribution < 1.29 is 22.0 Å². The molecule has 0 unspecified atom stereocenters. The molecular weight excluding hydrogens is 243 g/mol. The van der Waals surface area contributed by atoms with Gasteiger partial charge in [-0.25, -0.2) is 13.8 Å². The Balaban J connectivity index is 3.43. The van der Waals surface area contributed by atoms with Crippen LogP contribution in [0, 0.1) is 18.3 Å². The van der Waals surface area contributed by atoms with E-state index in [4.69, 9.17) is 5.26 Å². The monoisotopic (exact) mass is 250 g/mol. The molecule has 7 heteroatoms. The summed E-state index contributed by atoms with van der Waals surface area (Å²) in [5, 5.41) is 8.43. The molecule has 0 bridgehead atoms. The molecule has 1 aromatic heterocycles. The molecule has 17 heavy (non-hydrogen) atoms. The highest BCUT2D eigenvalue weighted by Gasteiger charge is 2.34. The zero-order chi connectivity index (χ0) is 13.2. The molecule has 0 saturated carbocycles. The van der Waals surface area contributed by atoms with Crippen molar-refractivity contribution in [2.24, 2.45) is 0 Å². The van der Waals surface area contributed by atoms with Crippen LogP contribution in [0.3, 0.4) is 0 Å². The van der Waals surface area contributed by atoms with E-state index in [1.807, 2.05) is 0 Å². The van der Waals surface area contributed by atoms with Gasteiger partial charge in [-0.3, -0.25) is 0 Å². The SMILES string of the molecule is Cc1c(CC#N)cc(C(F)(F)F)nc1C(F)F. The van der Waals surface area contributed by atoms with Crippen LogP contribution in [0.2, 0.25) is 0 Å². The highest BCUT2D eigenvalue weighted by Crippen LogP contribution is 2.32. The van der Waals surface area contributed by atoms with Gasteiger partial charge in [-0.2, -0.15) is 18.4 Å². The Morgan fingerprint density at radius 3 is 2.41 bits per heavy atom. The van der Waals surface area contributed by atoms with Crippen LogP contribution in [0.15, 0.2) is 6.07 Å². The highest BCUT2D eigenvalue weighted by atomic mass is 19.4. The Hall–Kier alpha value is -1.71. The first-order chi connectivity index (χ1) is 7.77. The standard InChI is InChI=1S/C10H7F5N2/c1-5-6(2-3-16)4-7(10(13,14)15)17-8(5)9(11)12/h4,9H,2H2,1H3. The van der Waals surface area contributed by atoms with Gasteiger partial charge in [0.15, 0.2) is 0 Å². The van der Waals surface area contributed by atoms with Crippen molar-refractivity contribution in [3.8, 4) is 6.07 Å². The fourth-order valence-corrected chi connectivity index (χ4v) is 1.31. The zero-order valence-electron chi connectivity index (χ0n) is 8.65. The van der Waals surface area contributed by atoms with Crippen molar-refractivity contribution in [3.05, 3.63) is 28.6 Å². The molecule has 0 spiro atoms. The van der Waals surface area contributed by atoms with Gasteiger partial charge in [0.2, 0.25) is 0 Å². The Kier molecular flexibility index (Phi) is 3.66. The lowest BCUT2D eigenvalue weighted by atomic mass is 10.0. The third-order valence-electron chi connectivity index (χ3n) is 2.18. The second kappa shape index (κ2) is 4.65. The number of hydrogen-bond donors (Lipinski definition) is 0. The lowest BCUT2D eigenvalue weighted by Crippen LogP contribution is -2.12. The first-order valence-electron chi connectivity index (χ1n) is 4.50. The van der Waals surface area contributed by atoms with Crippen molar-refractivity contribution in [1.82, 2.24) is 4.98 Å². The minimum absolute atomic E-state index is 0.0745. The summed E-state index contributed by atoms with van der Waals surface area (Å²) < 4.78 is 62.2. The predicted octanol–water partition coefficient (Wildman–Crippen LogP) is 3.41. The zero-order valence-corrected chi connectivity index (χ0v) is 8.65. The van der Waals surface area contributed by atoms with Gasteiger partial charge in [0, 0.05) is 0 Å². The summed E-state index contributed by atoms with van der Waals surface area (Å²) in [6.45, 7) is 1.22. The summed E-state index contributed by atoms with van der Waals surface area (Å²) in [4.78, 5) is 2.90. The Labute approximate surface area is 93.7 Å². The molecule has 0 aliphatic carbocycles. The van der Waals surface area contributed by atoms with Gasteiger partial charge in [-0.05, 0) is 24.1 Å². The maximum Gasteiger partial charge on any atom is 0.433 e. The third-order valence-corrected chi connectivity index (χ3v) is 2.18. The second-order valence-electron chi connectivity index (χ2n) is 3.31. The Morgan fingerprint density at radius 1 is 1.41 bits per heavy atom. The van der Waals surface area contributed by atoms with Crippen molar-refractivity contribution in [2.45, 2.75) is 25.9 Å². The number of halogens is 5. The molecule has 0 radical (unpaired) electrons. The number of rotatable bonds is 2. The highest BCUT2D eigenvalue weighted by molar-refractivity contribution is 5.35. The molecule has 1 heterocycles. The summed E-state index contributed by atoms with van der Waals surface area (Å²) in [7, 11) is 0. The van der Waals surface area contributed by atoms with Crippen molar-refractivity contribution in [3.63, 3.8) is 0 Å². The molecule has 1 rings (SSSR count). The predicted molar refractivity (Wildman–Crippen MR) is 48.3 cm³/mol. The summed E-state index contributed by atoms with van der Waals surface area (Å²) in [6.07, 6.45) is -8.27. The quantitative estimate of drug-likeness (QED) is 0.754. The molecule has 0 aromatic carbocycles. The third kappa shape index (κ3) is 2.90. The molecule has 2 nitrogen and oxygen atoms in total. The normalized spacial score (nSPS) is 11.6. The maximum atomic E-state index is 12.5. The summed E-state index contributed by atoms with van der Waals surface area (Å²) in [5.41, 5.74) is -2.48. The second-order valence-corrected chi connectivity index (χ2v) is 3.31. The van der Waals surface area contributed by atoms with Crippen LogP contribution in [0.25, 0.3) is 0 Å². The van der Waals surface area contributed by atoms with Crippen molar-refractivity contribution in [2.75, 3.05) is 0 Å². The van der Waals surface area contributed by atoms with Crippen molar-refractivity contribution in [1.29, 1.82) is 5.26 Å². The first-order valence-corrected chi connectivity index (χ1v) is 4.50. The number of hydrogen-bond acceptors (Lipinski definition) is 2. The molecule has 0 N–H and O–H groups in total. The molecular formula is C10H7F5N2. The van der Waals surface area contributed by atoms with Gasteiger partial charge in [-0.15, -0.1) is 0 Å². The fraction of sp³-hybridized carbons (Fsp3) is 0.400. The largest absolute Gasteiger partial charge is 0.433 e. The minimum atomic E-state index is -4.80. The number of nitriles is 1. The molecule has 0 atom stereocenters. The average Bonchev–Trinajstić information content (AvgIpc) is 2.19. The van der Waals surface area contributed by atoms with E-state index < -0.39 is 24.0 Å². The topological polar surface area (TPSA) is 36.7 Å². The summed E-state index contributed by atoms with van der Waals surface area (Å²) in [5.74, 6) is 0. The van der Waals surface area contributed by atoms with Crippen LogP contribution in [0.5, 0.6) is 0 Å². The summed E-state index contributed by atoms with van der Waals surface area (Å²) >= 11 is 0. The average molecular weight is 250 g/mol. The number of aromatic nitrogens is 1. The van der Waals surface area contributed by atoms with E-state index in [9.17, 15) is 22.0 Å². The number of pyridine rings is 1. The van der Waals surface area contributed by atoms with Gasteiger partial charge in [0.05, 0.1) is 12.5 Å². The molecule has 0 amide bonds. The Morgan fingerprint density at radius 2 is 2.00 bits per heavy atom. The van der Waals surface area contributed by atoms with E-state index >= 15 is 0 Å². The van der Waals surface area contributed by atoms with Gasteiger partial charge in [-0.1, -0.05) is 0 Å². The molecule has 0 aliphatic rings. The molecule has 1 aromatic rings. The van der Waals surface area contributed by atoms with Crippen LogP contribution < -0.4 is 0 Å². The van der Waals surface area contributed by atoms with Gasteiger partial charge in [0.25, 0.3) is 6.43 Å². The fourth-order valence-electron chi connectivity index (χ4n) is 1.31. The van der Waals surface area contributed by atoms with Gasteiger partial charge >= 0.3 is 6.18 Å².